The number of phenols is 1. The Hall–Kier alpha value is -7.92. The lowest BCUT2D eigenvalue weighted by Gasteiger charge is -2.29. The molecule has 9 rings (SSSR count). The molecule has 95 heavy (non-hydrogen) atoms. The summed E-state index contributed by atoms with van der Waals surface area (Å²) < 4.78 is 88.5. The maximum absolute atomic E-state index is 13.0. The highest BCUT2D eigenvalue weighted by atomic mass is 32.2. The molecule has 3 fully saturated rings. The molecule has 3 saturated heterocycles. The Morgan fingerprint density at radius 3 is 1.57 bits per heavy atom. The number of carbonyl (C=O) groups is 6. The van der Waals surface area contributed by atoms with Crippen molar-refractivity contribution in [3.8, 4) is 17.2 Å². The Labute approximate surface area is 559 Å². The van der Waals surface area contributed by atoms with Gasteiger partial charge in [-0.1, -0.05) is 107 Å². The molecule has 516 valence electrons. The minimum Gasteiger partial charge on any atom is -0.743 e. The molecule has 6 atom stereocenters. The molecule has 3 aliphatic heterocycles. The number of esters is 5. The fraction of sp³-hybridized carbons (Fsp3) is 0.452. The van der Waals surface area contributed by atoms with Gasteiger partial charge in [0.1, 0.15) is 23.4 Å². The quantitative estimate of drug-likeness (QED) is 0.0134. The van der Waals surface area contributed by atoms with Gasteiger partial charge in [-0.3, -0.25) is 28.8 Å². The number of carbonyl (C=O) groups excluding carboxylic acids is 5. The number of hydrogen-bond acceptors (Lipinski definition) is 17. The Balaban J connectivity index is 0.000000215. The van der Waals surface area contributed by atoms with Crippen molar-refractivity contribution < 1.29 is 89.2 Å². The van der Waals surface area contributed by atoms with E-state index in [0.29, 0.717) is 55.9 Å². The predicted octanol–water partition coefficient (Wildman–Crippen LogP) is 14.9. The van der Waals surface area contributed by atoms with Crippen LogP contribution in [0, 0.1) is 27.6 Å². The fourth-order valence-corrected chi connectivity index (χ4v) is 11.6. The Morgan fingerprint density at radius 1 is 0.621 bits per heavy atom. The topological polar surface area (TPSA) is 267 Å². The number of carboxylic acid groups (broad SMARTS) is 1. The van der Waals surface area contributed by atoms with E-state index in [9.17, 15) is 55.6 Å². The summed E-state index contributed by atoms with van der Waals surface area (Å²) in [5.74, 6) is -1.62. The SMILES string of the molecule is CCC(C)(C)C(=O)OC(C)C(F)(F)S(=O)(=O)[O-].CCC(C)(C)C(=O)OC1C2CC3C(=O)OC1C3O2.CCC(C)(C)C(=O)Oc1ccc(NCCCCC(=O)O)cc1.CCC(C)(C)C(=O)Oc1cccc2c(O)cccc12.c1ccc([S+](c2ccccc2)c2ccccc2)cc1. The zero-order valence-electron chi connectivity index (χ0n) is 56.4. The molecule has 6 aromatic rings. The third-order valence-corrected chi connectivity index (χ3v) is 20.3. The Kier molecular flexibility index (Phi) is 28.0. The van der Waals surface area contributed by atoms with Crippen molar-refractivity contribution in [1.29, 1.82) is 0 Å². The molecule has 0 aliphatic carbocycles. The van der Waals surface area contributed by atoms with Crippen LogP contribution in [0.5, 0.6) is 17.2 Å². The molecule has 6 aromatic carbocycles. The third kappa shape index (κ3) is 21.3. The van der Waals surface area contributed by atoms with E-state index in [1.807, 2.05) is 80.5 Å². The maximum atomic E-state index is 13.0. The molecule has 0 radical (unpaired) electrons. The van der Waals surface area contributed by atoms with Crippen molar-refractivity contribution in [3.63, 3.8) is 0 Å². The molecular formula is C73H91F2NO17S2. The van der Waals surface area contributed by atoms with E-state index in [-0.39, 0.29) is 65.1 Å². The standard InChI is InChI=1S/C18H15S.C17H25NO4.C16H18O3.C13H18O5.C9H16F2O5S/c1-4-10-16(11-5-1)19(17-12-6-2-7-13-17)18-14-8-3-9-15-18;1-4-17(2,3)16(21)22-14-10-8-13(9-11-14)18-12-6-5-7-15(19)20;1-4-16(2,3)15(18)19-14-10-6-7-11-12(14)8-5-9-13(11)17;1-4-13(2,3)12(15)18-9-7-5-6-8(16-7)10(9)17-11(6)14;1-5-8(3,4)7(12)16-6(2)9(10,11)17(13,14)15/h1-15H;8-11,18H,4-7,12H2,1-3H3,(H,19,20);5-10,17H,4H2,1-3H3;6-10H,4-5H2,1-3H3;6H,5H2,1-4H3,(H,13,14,15)/q+1;;;;/p-1. The number of hydrogen-bond donors (Lipinski definition) is 3. The van der Waals surface area contributed by atoms with Gasteiger partial charge in [0.15, 0.2) is 43.1 Å². The first-order valence-electron chi connectivity index (χ1n) is 31.8. The van der Waals surface area contributed by atoms with E-state index in [4.69, 9.17) is 28.8 Å². The molecule has 2 bridgehead atoms. The molecule has 0 aromatic heterocycles. The highest BCUT2D eigenvalue weighted by Gasteiger charge is 2.65. The van der Waals surface area contributed by atoms with Gasteiger partial charge in [-0.05, 0) is 180 Å². The van der Waals surface area contributed by atoms with Gasteiger partial charge in [0.2, 0.25) is 0 Å². The molecule has 3 heterocycles. The van der Waals surface area contributed by atoms with Crippen LogP contribution in [-0.4, -0.2) is 101 Å². The summed E-state index contributed by atoms with van der Waals surface area (Å²) in [7, 11) is -5.87. The molecule has 18 nitrogen and oxygen atoms in total. The lowest BCUT2D eigenvalue weighted by Crippen LogP contribution is -2.44. The van der Waals surface area contributed by atoms with Gasteiger partial charge in [-0.25, -0.2) is 8.42 Å². The van der Waals surface area contributed by atoms with Crippen LogP contribution in [0.25, 0.3) is 10.8 Å². The normalized spacial score (nSPS) is 17.5. The Bertz CT molecular complexity index is 3530. The van der Waals surface area contributed by atoms with E-state index >= 15 is 0 Å². The number of unbranched alkanes of at least 4 members (excludes halogenated alkanes) is 1. The second-order valence-electron chi connectivity index (χ2n) is 25.7. The number of anilines is 1. The van der Waals surface area contributed by atoms with Crippen LogP contribution in [0.15, 0.2) is 166 Å². The van der Waals surface area contributed by atoms with E-state index in [2.05, 4.69) is 101 Å². The van der Waals surface area contributed by atoms with E-state index in [1.165, 1.54) is 28.5 Å². The summed E-state index contributed by atoms with van der Waals surface area (Å²) in [5, 5.41) is 18.3. The van der Waals surface area contributed by atoms with Crippen LogP contribution in [0.2, 0.25) is 0 Å². The second-order valence-corrected chi connectivity index (χ2v) is 29.2. The number of aromatic hydroxyl groups is 1. The van der Waals surface area contributed by atoms with E-state index in [1.54, 1.807) is 49.4 Å². The van der Waals surface area contributed by atoms with Crippen molar-refractivity contribution in [2.75, 3.05) is 11.9 Å². The molecule has 6 unspecified atom stereocenters. The molecule has 0 amide bonds. The van der Waals surface area contributed by atoms with Crippen molar-refractivity contribution >= 4 is 73.3 Å². The summed E-state index contributed by atoms with van der Waals surface area (Å²) in [4.78, 5) is 73.6. The number of fused-ring (bicyclic) bond motifs is 2. The fourth-order valence-electron chi connectivity index (χ4n) is 9.02. The lowest BCUT2D eigenvalue weighted by molar-refractivity contribution is -0.170. The van der Waals surface area contributed by atoms with Gasteiger partial charge in [-0.2, -0.15) is 8.78 Å². The lowest BCUT2D eigenvalue weighted by atomic mass is 9.87. The third-order valence-electron chi connectivity index (χ3n) is 17.1. The number of phenolic OH excluding ortho intramolecular Hbond substituents is 1. The number of carboxylic acids is 1. The van der Waals surface area contributed by atoms with Gasteiger partial charge in [0.05, 0.1) is 44.6 Å². The molecule has 0 saturated carbocycles. The Morgan fingerprint density at radius 2 is 1.08 bits per heavy atom. The number of ether oxygens (including phenoxy) is 6. The summed E-state index contributed by atoms with van der Waals surface area (Å²) in [6.45, 7) is 23.0. The van der Waals surface area contributed by atoms with Crippen molar-refractivity contribution in [2.24, 2.45) is 27.6 Å². The monoisotopic (exact) mass is 1360 g/mol. The van der Waals surface area contributed by atoms with Gasteiger partial charge >= 0.3 is 41.1 Å². The minimum atomic E-state index is -5.86. The number of alkyl halides is 2. The van der Waals surface area contributed by atoms with Crippen LogP contribution in [-0.2, 0) is 68.7 Å². The van der Waals surface area contributed by atoms with Gasteiger partial charge < -0.3 is 48.5 Å². The van der Waals surface area contributed by atoms with Crippen LogP contribution < -0.4 is 14.8 Å². The molecule has 3 aliphatic rings. The number of nitrogens with one attached hydrogen (secondary N) is 1. The van der Waals surface area contributed by atoms with Crippen LogP contribution in [0.3, 0.4) is 0 Å². The van der Waals surface area contributed by atoms with Crippen LogP contribution in [0.4, 0.5) is 14.5 Å². The highest BCUT2D eigenvalue weighted by Crippen LogP contribution is 2.48. The van der Waals surface area contributed by atoms with E-state index < -0.39 is 67.3 Å². The maximum Gasteiger partial charge on any atom is 0.369 e. The summed E-state index contributed by atoms with van der Waals surface area (Å²) in [6, 6.07) is 49.8. The number of benzene rings is 6. The van der Waals surface area contributed by atoms with Crippen molar-refractivity contribution in [2.45, 2.75) is 192 Å². The summed E-state index contributed by atoms with van der Waals surface area (Å²) in [5.41, 5.74) is -1.61. The van der Waals surface area contributed by atoms with Crippen molar-refractivity contribution in [3.05, 3.63) is 152 Å². The molecular weight excluding hydrogens is 1260 g/mol. The largest absolute Gasteiger partial charge is 0.743 e. The predicted molar refractivity (Wildman–Crippen MR) is 358 cm³/mol. The summed E-state index contributed by atoms with van der Waals surface area (Å²) in [6.07, 6.45) is 1.24. The van der Waals surface area contributed by atoms with Crippen LogP contribution in [0.1, 0.15) is 141 Å². The first-order valence-corrected chi connectivity index (χ1v) is 34.4. The highest BCUT2D eigenvalue weighted by molar-refractivity contribution is 7.97. The average Bonchev–Trinajstić information content (AvgIpc) is 1.58. The van der Waals surface area contributed by atoms with E-state index in [0.717, 1.165) is 30.5 Å². The van der Waals surface area contributed by atoms with Gasteiger partial charge in [-0.15, -0.1) is 0 Å². The van der Waals surface area contributed by atoms with Crippen LogP contribution >= 0.6 is 0 Å². The first kappa shape index (κ1) is 77.8. The van der Waals surface area contributed by atoms with Gasteiger partial charge in [0.25, 0.3) is 0 Å². The number of rotatable bonds is 23. The zero-order valence-corrected chi connectivity index (χ0v) is 58.0. The second kappa shape index (κ2) is 34.1. The molecule has 3 N–H and O–H groups in total. The first-order chi connectivity index (χ1) is 44.5. The van der Waals surface area contributed by atoms with Crippen molar-refractivity contribution in [1.82, 2.24) is 0 Å². The molecule has 22 heteroatoms. The zero-order chi connectivity index (χ0) is 70.7. The molecule has 0 spiro atoms. The smallest absolute Gasteiger partial charge is 0.369 e. The number of halogens is 2. The average molecular weight is 1360 g/mol. The number of aliphatic carboxylic acids is 1. The summed E-state index contributed by atoms with van der Waals surface area (Å²) >= 11 is 0. The minimum absolute atomic E-state index is 0.0146. The van der Waals surface area contributed by atoms with Gasteiger partial charge in [0, 0.05) is 29.4 Å².